The molecule has 1 aromatic rings. The van der Waals surface area contributed by atoms with Crippen molar-refractivity contribution in [2.45, 2.75) is 31.1 Å². The van der Waals surface area contributed by atoms with Gasteiger partial charge in [0.15, 0.2) is 0 Å². The van der Waals surface area contributed by atoms with E-state index >= 15 is 0 Å². The molecule has 0 aliphatic carbocycles. The molecule has 1 aromatic carbocycles. The van der Waals surface area contributed by atoms with Gasteiger partial charge in [0.25, 0.3) is 0 Å². The van der Waals surface area contributed by atoms with E-state index in [-0.39, 0.29) is 11.9 Å². The second-order valence-electron chi connectivity index (χ2n) is 7.22. The minimum Gasteiger partial charge on any atom is -0.497 e. The van der Waals surface area contributed by atoms with Crippen molar-refractivity contribution in [1.82, 2.24) is 0 Å². The van der Waals surface area contributed by atoms with Crippen molar-refractivity contribution in [2.75, 3.05) is 12.0 Å². The van der Waals surface area contributed by atoms with Gasteiger partial charge in [-0.25, -0.2) is 0 Å². The molecule has 1 N–H and O–H groups in total. The van der Waals surface area contributed by atoms with Crippen LogP contribution in [0.5, 0.6) is 5.75 Å². The molecule has 0 aromatic heterocycles. The first-order valence-electron chi connectivity index (χ1n) is 8.60. The fraction of sp³-hybridized carbons (Fsp3) is 0.400. The average Bonchev–Trinajstić information content (AvgIpc) is 3.24. The summed E-state index contributed by atoms with van der Waals surface area (Å²) in [7, 11) is 1.57. The van der Waals surface area contributed by atoms with Gasteiger partial charge in [-0.3, -0.25) is 9.59 Å². The van der Waals surface area contributed by atoms with Gasteiger partial charge in [-0.15, -0.1) is 6.58 Å². The average molecular weight is 355 g/mol. The monoisotopic (exact) mass is 355 g/mol. The first-order chi connectivity index (χ1) is 12.4. The highest BCUT2D eigenvalue weighted by atomic mass is 16.5. The lowest BCUT2D eigenvalue weighted by Crippen LogP contribution is -2.45. The zero-order valence-corrected chi connectivity index (χ0v) is 14.7. The number of carbonyl (C=O) groups excluding carboxylic acids is 1. The molecule has 0 saturated carbocycles. The Bertz CT molecular complexity index is 831. The van der Waals surface area contributed by atoms with Gasteiger partial charge in [-0.1, -0.05) is 23.8 Å². The molecule has 26 heavy (non-hydrogen) atoms. The maximum atomic E-state index is 13.4. The molecule has 6 nitrogen and oxygen atoms in total. The highest BCUT2D eigenvalue weighted by Gasteiger charge is 2.71. The summed E-state index contributed by atoms with van der Waals surface area (Å²) >= 11 is 0. The number of methoxy groups -OCH3 is 1. The third-order valence-electron chi connectivity index (χ3n) is 5.58. The van der Waals surface area contributed by atoms with Crippen LogP contribution in [0.25, 0.3) is 0 Å². The van der Waals surface area contributed by atoms with Crippen LogP contribution in [-0.4, -0.2) is 41.8 Å². The first-order valence-corrected chi connectivity index (χ1v) is 8.60. The number of anilines is 1. The second kappa shape index (κ2) is 5.71. The minimum absolute atomic E-state index is 0.219. The molecule has 2 unspecified atom stereocenters. The molecule has 3 aliphatic heterocycles. The molecule has 3 heterocycles. The van der Waals surface area contributed by atoms with E-state index in [9.17, 15) is 14.7 Å². The van der Waals surface area contributed by atoms with Crippen LogP contribution in [0.1, 0.15) is 13.3 Å². The van der Waals surface area contributed by atoms with Crippen LogP contribution in [0.3, 0.4) is 0 Å². The molecule has 1 spiro atoms. The minimum atomic E-state index is -0.999. The van der Waals surface area contributed by atoms with E-state index in [1.165, 1.54) is 0 Å². The van der Waals surface area contributed by atoms with E-state index in [1.54, 1.807) is 30.2 Å². The summed E-state index contributed by atoms with van der Waals surface area (Å²) in [6.45, 7) is 5.89. The fourth-order valence-electron chi connectivity index (χ4n) is 4.58. The molecule has 136 valence electrons. The Morgan fingerprint density at radius 1 is 1.46 bits per heavy atom. The summed E-state index contributed by atoms with van der Waals surface area (Å²) in [5, 5.41) is 9.68. The number of ether oxygens (including phenoxy) is 2. The number of hydrogen-bond acceptors (Lipinski definition) is 4. The molecule has 2 saturated heterocycles. The quantitative estimate of drug-likeness (QED) is 0.821. The summed E-state index contributed by atoms with van der Waals surface area (Å²) in [6.07, 6.45) is 3.64. The lowest BCUT2D eigenvalue weighted by Gasteiger charge is -2.33. The van der Waals surface area contributed by atoms with Crippen molar-refractivity contribution >= 4 is 17.6 Å². The van der Waals surface area contributed by atoms with E-state index in [0.717, 1.165) is 5.57 Å². The topological polar surface area (TPSA) is 76.1 Å². The Balaban J connectivity index is 1.84. The van der Waals surface area contributed by atoms with Gasteiger partial charge in [-0.05, 0) is 25.5 Å². The summed E-state index contributed by atoms with van der Waals surface area (Å²) in [5.74, 6) is -2.18. The highest BCUT2D eigenvalue weighted by molar-refractivity contribution is 6.03. The van der Waals surface area contributed by atoms with Gasteiger partial charge in [0, 0.05) is 11.8 Å². The molecule has 1 amide bonds. The Morgan fingerprint density at radius 3 is 2.88 bits per heavy atom. The normalized spacial score (nSPS) is 34.2. The van der Waals surface area contributed by atoms with Gasteiger partial charge in [0.05, 0.1) is 25.2 Å². The SMILES string of the molecule is C=C(C)CC1N(c2cccc(OC)c2)C(=O)[C@@H]2C(C(=O)O)[C@@H]3C=C[C@@]12O3. The number of benzene rings is 1. The Morgan fingerprint density at radius 2 is 2.23 bits per heavy atom. The Kier molecular flexibility index (Phi) is 3.70. The summed E-state index contributed by atoms with van der Waals surface area (Å²) in [4.78, 5) is 26.9. The van der Waals surface area contributed by atoms with Crippen LogP contribution in [-0.2, 0) is 14.3 Å². The van der Waals surface area contributed by atoms with E-state index in [1.807, 2.05) is 25.1 Å². The number of amides is 1. The first kappa shape index (κ1) is 16.8. The number of fused-ring (bicyclic) bond motifs is 1. The summed E-state index contributed by atoms with van der Waals surface area (Å²) < 4.78 is 11.4. The standard InChI is InChI=1S/C20H21NO5/c1-11(2)9-15-20-8-7-14(26-20)16(19(23)24)17(20)18(22)21(15)12-5-4-6-13(10-12)25-3/h4-8,10,14-17H,1,9H2,2-3H3,(H,23,24)/t14-,15?,16?,17-,20+/m0/s1. The summed E-state index contributed by atoms with van der Waals surface area (Å²) in [6, 6.07) is 6.89. The third kappa shape index (κ3) is 2.15. The lowest BCUT2D eigenvalue weighted by molar-refractivity contribution is -0.146. The zero-order chi connectivity index (χ0) is 18.6. The van der Waals surface area contributed by atoms with Gasteiger partial charge in [0.2, 0.25) is 5.91 Å². The predicted octanol–water partition coefficient (Wildman–Crippen LogP) is 2.40. The van der Waals surface area contributed by atoms with Crippen LogP contribution < -0.4 is 9.64 Å². The maximum Gasteiger partial charge on any atom is 0.310 e. The van der Waals surface area contributed by atoms with Crippen molar-refractivity contribution in [2.24, 2.45) is 11.8 Å². The number of carboxylic acid groups (broad SMARTS) is 1. The predicted molar refractivity (Wildman–Crippen MR) is 95.1 cm³/mol. The van der Waals surface area contributed by atoms with Gasteiger partial charge in [0.1, 0.15) is 17.3 Å². The van der Waals surface area contributed by atoms with Crippen molar-refractivity contribution in [1.29, 1.82) is 0 Å². The molecule has 3 aliphatic rings. The molecular weight excluding hydrogens is 334 g/mol. The molecule has 2 bridgehead atoms. The van der Waals surface area contributed by atoms with Crippen LogP contribution in [0.4, 0.5) is 5.69 Å². The van der Waals surface area contributed by atoms with Crippen LogP contribution in [0, 0.1) is 11.8 Å². The highest BCUT2D eigenvalue weighted by Crippen LogP contribution is 2.56. The smallest absolute Gasteiger partial charge is 0.310 e. The van der Waals surface area contributed by atoms with Gasteiger partial charge >= 0.3 is 5.97 Å². The number of nitrogens with zero attached hydrogens (tertiary/aromatic N) is 1. The Hall–Kier alpha value is -2.60. The van der Waals surface area contributed by atoms with E-state index < -0.39 is 29.5 Å². The van der Waals surface area contributed by atoms with Crippen LogP contribution in [0.2, 0.25) is 0 Å². The number of hydrogen-bond donors (Lipinski definition) is 1. The number of carbonyl (C=O) groups is 2. The molecule has 5 atom stereocenters. The van der Waals surface area contributed by atoms with Crippen LogP contribution in [0.15, 0.2) is 48.6 Å². The number of carboxylic acids is 1. The molecule has 6 heteroatoms. The van der Waals surface area contributed by atoms with Gasteiger partial charge < -0.3 is 19.5 Å². The van der Waals surface area contributed by atoms with E-state index in [4.69, 9.17) is 9.47 Å². The largest absolute Gasteiger partial charge is 0.497 e. The maximum absolute atomic E-state index is 13.4. The molecule has 2 fully saturated rings. The van der Waals surface area contributed by atoms with Crippen molar-refractivity contribution < 1.29 is 24.2 Å². The van der Waals surface area contributed by atoms with Gasteiger partial charge in [-0.2, -0.15) is 0 Å². The number of rotatable bonds is 5. The van der Waals surface area contributed by atoms with Crippen molar-refractivity contribution in [3.8, 4) is 5.75 Å². The molecular formula is C20H21NO5. The zero-order valence-electron chi connectivity index (χ0n) is 14.7. The Labute approximate surface area is 151 Å². The lowest BCUT2D eigenvalue weighted by atomic mass is 9.74. The van der Waals surface area contributed by atoms with E-state index in [0.29, 0.717) is 17.9 Å². The van der Waals surface area contributed by atoms with Crippen molar-refractivity contribution in [3.63, 3.8) is 0 Å². The fourth-order valence-corrected chi connectivity index (χ4v) is 4.58. The third-order valence-corrected chi connectivity index (χ3v) is 5.58. The number of aliphatic carboxylic acids is 1. The molecule has 0 radical (unpaired) electrons. The summed E-state index contributed by atoms with van der Waals surface area (Å²) in [5.41, 5.74) is 0.659. The van der Waals surface area contributed by atoms with Crippen molar-refractivity contribution in [3.05, 3.63) is 48.6 Å². The van der Waals surface area contributed by atoms with E-state index in [2.05, 4.69) is 6.58 Å². The second-order valence-corrected chi connectivity index (χ2v) is 7.22. The van der Waals surface area contributed by atoms with Crippen LogP contribution >= 0.6 is 0 Å². The molecule has 4 rings (SSSR count).